The lowest BCUT2D eigenvalue weighted by atomic mass is 10.1. The third-order valence-corrected chi connectivity index (χ3v) is 5.46. The second-order valence-corrected chi connectivity index (χ2v) is 9.39. The molecule has 1 aromatic heterocycles. The van der Waals surface area contributed by atoms with Gasteiger partial charge in [-0.15, -0.1) is 0 Å². The Kier molecular flexibility index (Phi) is 7.20. The van der Waals surface area contributed by atoms with Crippen molar-refractivity contribution >= 4 is 17.4 Å². The molecular formula is C27H25F3N4O4. The standard InChI is InChI=1S/C27H25F3N4O4/c1-15-5-7-18(11-21(15)38-25-22-23(31-14-32-25)34-26(3,4)13-37-22)24(36)33-19-10-9-17(8-6-16(2)35)20(12-19)27(28,29)30/h5,7,9-12,14,16,35H,13H2,1-4H3,(H,33,36)(H,31,32,34). The molecule has 4 rings (SSSR count). The van der Waals surface area contributed by atoms with E-state index in [1.165, 1.54) is 31.5 Å². The van der Waals surface area contributed by atoms with Gasteiger partial charge in [-0.3, -0.25) is 4.79 Å². The molecule has 1 amide bonds. The van der Waals surface area contributed by atoms with Gasteiger partial charge < -0.3 is 25.2 Å². The average Bonchev–Trinajstić information content (AvgIpc) is 2.83. The molecule has 2 heterocycles. The minimum Gasteiger partial charge on any atom is -0.483 e. The first-order valence-corrected chi connectivity index (χ1v) is 11.6. The Labute approximate surface area is 217 Å². The van der Waals surface area contributed by atoms with Crippen molar-refractivity contribution in [3.05, 3.63) is 65.0 Å². The topological polar surface area (TPSA) is 106 Å². The molecule has 1 unspecified atom stereocenters. The number of carbonyl (C=O) groups excluding carboxylic acids is 1. The van der Waals surface area contributed by atoms with Crippen molar-refractivity contribution in [2.24, 2.45) is 0 Å². The molecule has 0 spiro atoms. The van der Waals surface area contributed by atoms with E-state index in [1.54, 1.807) is 13.0 Å². The molecule has 0 saturated carbocycles. The summed E-state index contributed by atoms with van der Waals surface area (Å²) in [7, 11) is 0. The van der Waals surface area contributed by atoms with Crippen LogP contribution in [0.15, 0.2) is 42.7 Å². The predicted octanol–water partition coefficient (Wildman–Crippen LogP) is 5.16. The summed E-state index contributed by atoms with van der Waals surface area (Å²) in [4.78, 5) is 21.3. The van der Waals surface area contributed by atoms with Crippen LogP contribution >= 0.6 is 0 Å². The Bertz CT molecular complexity index is 1440. The zero-order valence-electron chi connectivity index (χ0n) is 21.0. The van der Waals surface area contributed by atoms with E-state index in [4.69, 9.17) is 9.47 Å². The van der Waals surface area contributed by atoms with Crippen LogP contribution in [-0.2, 0) is 6.18 Å². The first-order valence-electron chi connectivity index (χ1n) is 11.6. The van der Waals surface area contributed by atoms with E-state index in [0.717, 1.165) is 12.1 Å². The summed E-state index contributed by atoms with van der Waals surface area (Å²) in [5.41, 5.74) is -0.892. The molecular weight excluding hydrogens is 501 g/mol. The normalized spacial score (nSPS) is 14.6. The molecule has 0 aliphatic carbocycles. The first-order chi connectivity index (χ1) is 17.8. The van der Waals surface area contributed by atoms with Crippen LogP contribution in [0.3, 0.4) is 0 Å². The van der Waals surface area contributed by atoms with Crippen LogP contribution in [0, 0.1) is 18.8 Å². The number of aromatic nitrogens is 2. The van der Waals surface area contributed by atoms with E-state index in [0.29, 0.717) is 29.5 Å². The van der Waals surface area contributed by atoms with Crippen molar-refractivity contribution in [1.29, 1.82) is 0 Å². The molecule has 1 aliphatic rings. The minimum atomic E-state index is -4.71. The Hall–Kier alpha value is -4.30. The second kappa shape index (κ2) is 10.2. The first kappa shape index (κ1) is 26.8. The van der Waals surface area contributed by atoms with E-state index in [2.05, 4.69) is 32.4 Å². The fraction of sp³-hybridized carbons (Fsp3) is 0.296. The van der Waals surface area contributed by atoms with Gasteiger partial charge in [-0.25, -0.2) is 4.98 Å². The third-order valence-electron chi connectivity index (χ3n) is 5.46. The summed E-state index contributed by atoms with van der Waals surface area (Å²) in [5, 5.41) is 15.0. The largest absolute Gasteiger partial charge is 0.483 e. The highest BCUT2D eigenvalue weighted by Gasteiger charge is 2.34. The van der Waals surface area contributed by atoms with Gasteiger partial charge >= 0.3 is 6.18 Å². The highest BCUT2D eigenvalue weighted by Crippen LogP contribution is 2.40. The molecule has 198 valence electrons. The van der Waals surface area contributed by atoms with Crippen molar-refractivity contribution < 1.29 is 32.5 Å². The van der Waals surface area contributed by atoms with E-state index in [1.807, 2.05) is 13.8 Å². The van der Waals surface area contributed by atoms with E-state index in [9.17, 15) is 23.1 Å². The van der Waals surface area contributed by atoms with Crippen molar-refractivity contribution in [1.82, 2.24) is 9.97 Å². The number of hydrogen-bond donors (Lipinski definition) is 3. The lowest BCUT2D eigenvalue weighted by Crippen LogP contribution is -2.41. The number of carbonyl (C=O) groups is 1. The Morgan fingerprint density at radius 3 is 2.71 bits per heavy atom. The van der Waals surface area contributed by atoms with E-state index < -0.39 is 23.8 Å². The SMILES string of the molecule is Cc1ccc(C(=O)Nc2ccc(C#CC(C)O)c(C(F)(F)F)c2)cc1Oc1ncnc2c1OCC(C)(C)N2. The Morgan fingerprint density at radius 2 is 2.00 bits per heavy atom. The zero-order chi connectivity index (χ0) is 27.7. The molecule has 2 aromatic carbocycles. The number of aliphatic hydroxyl groups excluding tert-OH is 1. The van der Waals surface area contributed by atoms with Gasteiger partial charge in [0.25, 0.3) is 11.8 Å². The number of alkyl halides is 3. The number of amides is 1. The van der Waals surface area contributed by atoms with Gasteiger partial charge in [0.2, 0.25) is 5.75 Å². The lowest BCUT2D eigenvalue weighted by Gasteiger charge is -2.32. The molecule has 0 saturated heterocycles. The minimum absolute atomic E-state index is 0.0695. The van der Waals surface area contributed by atoms with Gasteiger partial charge in [-0.05, 0) is 63.6 Å². The molecule has 11 heteroatoms. The summed E-state index contributed by atoms with van der Waals surface area (Å²) in [6.45, 7) is 7.39. The third kappa shape index (κ3) is 6.15. The number of aliphatic hydroxyl groups is 1. The lowest BCUT2D eigenvalue weighted by molar-refractivity contribution is -0.137. The molecule has 1 aliphatic heterocycles. The Balaban J connectivity index is 1.58. The van der Waals surface area contributed by atoms with Crippen LogP contribution < -0.4 is 20.1 Å². The molecule has 8 nitrogen and oxygen atoms in total. The highest BCUT2D eigenvalue weighted by molar-refractivity contribution is 6.04. The number of nitrogens with one attached hydrogen (secondary N) is 2. The highest BCUT2D eigenvalue weighted by atomic mass is 19.4. The van der Waals surface area contributed by atoms with Gasteiger partial charge in [0.05, 0.1) is 11.1 Å². The molecule has 0 fully saturated rings. The smallest absolute Gasteiger partial charge is 0.417 e. The van der Waals surface area contributed by atoms with Crippen LogP contribution in [0.5, 0.6) is 17.4 Å². The van der Waals surface area contributed by atoms with Crippen LogP contribution in [0.4, 0.5) is 24.7 Å². The fourth-order valence-electron chi connectivity index (χ4n) is 3.57. The van der Waals surface area contributed by atoms with Gasteiger partial charge in [0, 0.05) is 16.8 Å². The van der Waals surface area contributed by atoms with Crippen LogP contribution in [0.2, 0.25) is 0 Å². The number of anilines is 2. The van der Waals surface area contributed by atoms with Crippen molar-refractivity contribution in [3.8, 4) is 29.2 Å². The summed E-state index contributed by atoms with van der Waals surface area (Å²) >= 11 is 0. The molecule has 0 bridgehead atoms. The maximum Gasteiger partial charge on any atom is 0.417 e. The number of halogens is 3. The Morgan fingerprint density at radius 1 is 1.24 bits per heavy atom. The molecule has 1 atom stereocenters. The molecule has 38 heavy (non-hydrogen) atoms. The van der Waals surface area contributed by atoms with E-state index >= 15 is 0 Å². The quantitative estimate of drug-likeness (QED) is 0.403. The number of fused-ring (bicyclic) bond motifs is 1. The predicted molar refractivity (Wildman–Crippen MR) is 134 cm³/mol. The van der Waals surface area contributed by atoms with Gasteiger partial charge in [0.1, 0.15) is 24.8 Å². The summed E-state index contributed by atoms with van der Waals surface area (Å²) in [6.07, 6.45) is -4.47. The van der Waals surface area contributed by atoms with Crippen molar-refractivity contribution in [2.45, 2.75) is 45.5 Å². The molecule has 3 N–H and O–H groups in total. The van der Waals surface area contributed by atoms with Gasteiger partial charge in [-0.1, -0.05) is 17.9 Å². The van der Waals surface area contributed by atoms with Gasteiger partial charge in [0.15, 0.2) is 5.82 Å². The number of nitrogens with zero attached hydrogens (tertiary/aromatic N) is 2. The van der Waals surface area contributed by atoms with Gasteiger partial charge in [-0.2, -0.15) is 18.2 Å². The number of ether oxygens (including phenoxy) is 2. The monoisotopic (exact) mass is 526 g/mol. The zero-order valence-corrected chi connectivity index (χ0v) is 21.0. The number of rotatable bonds is 4. The van der Waals surface area contributed by atoms with Crippen LogP contribution in [0.1, 0.15) is 47.8 Å². The van der Waals surface area contributed by atoms with Crippen molar-refractivity contribution in [2.75, 3.05) is 17.2 Å². The van der Waals surface area contributed by atoms with E-state index in [-0.39, 0.29) is 28.2 Å². The summed E-state index contributed by atoms with van der Waals surface area (Å²) in [5.74, 6) is 5.25. The average molecular weight is 527 g/mol. The van der Waals surface area contributed by atoms with Crippen LogP contribution in [0.25, 0.3) is 0 Å². The molecule has 0 radical (unpaired) electrons. The number of hydrogen-bond acceptors (Lipinski definition) is 7. The summed E-state index contributed by atoms with van der Waals surface area (Å²) in [6, 6.07) is 7.90. The van der Waals surface area contributed by atoms with Crippen molar-refractivity contribution in [3.63, 3.8) is 0 Å². The number of benzene rings is 2. The number of aryl methyl sites for hydroxylation is 1. The summed E-state index contributed by atoms with van der Waals surface area (Å²) < 4.78 is 52.6. The second-order valence-electron chi connectivity index (χ2n) is 9.39. The fourth-order valence-corrected chi connectivity index (χ4v) is 3.57. The maximum atomic E-state index is 13.6. The maximum absolute atomic E-state index is 13.6. The van der Waals surface area contributed by atoms with Crippen LogP contribution in [-0.4, -0.2) is 39.2 Å². The molecule has 3 aromatic rings.